The summed E-state index contributed by atoms with van der Waals surface area (Å²) in [6.45, 7) is 1.97. The number of carbonyl (C=O) groups excluding carboxylic acids is 2. The second-order valence-electron chi connectivity index (χ2n) is 11.0. The lowest BCUT2D eigenvalue weighted by atomic mass is 9.68. The highest BCUT2D eigenvalue weighted by atomic mass is 19.1. The van der Waals surface area contributed by atoms with Crippen LogP contribution in [-0.2, 0) is 19.1 Å². The zero-order valence-electron chi connectivity index (χ0n) is 23.9. The molecule has 1 aliphatic heterocycles. The lowest BCUT2D eigenvalue weighted by Gasteiger charge is -2.36. The molecule has 4 atom stereocenters. The molecule has 10 heteroatoms. The highest BCUT2D eigenvalue weighted by molar-refractivity contribution is 6.05. The lowest BCUT2D eigenvalue weighted by molar-refractivity contribution is -0.141. The molecule has 1 aliphatic carbocycles. The summed E-state index contributed by atoms with van der Waals surface area (Å²) in [7, 11) is 1.51. The van der Waals surface area contributed by atoms with Crippen LogP contribution in [0.3, 0.4) is 0 Å². The summed E-state index contributed by atoms with van der Waals surface area (Å²) >= 11 is 0. The fourth-order valence-electron chi connectivity index (χ4n) is 6.19. The van der Waals surface area contributed by atoms with E-state index in [0.717, 1.165) is 18.4 Å². The smallest absolute Gasteiger partial charge is 0.303 e. The fraction of sp³-hybridized carbons (Fsp3) is 0.581. The molecule has 1 fully saturated rings. The quantitative estimate of drug-likeness (QED) is 0.131. The number of aliphatic carboxylic acids is 1. The van der Waals surface area contributed by atoms with Gasteiger partial charge in [-0.15, -0.1) is 0 Å². The highest BCUT2D eigenvalue weighted by Crippen LogP contribution is 2.46. The zero-order valence-corrected chi connectivity index (χ0v) is 23.9. The maximum atomic E-state index is 13.9. The first-order chi connectivity index (χ1) is 19.6. The number of aliphatic hydroxyl groups is 2. The molecule has 226 valence electrons. The molecule has 1 saturated heterocycles. The number of rotatable bonds is 16. The van der Waals surface area contributed by atoms with E-state index in [1.165, 1.54) is 24.1 Å². The van der Waals surface area contributed by atoms with Gasteiger partial charge in [0.2, 0.25) is 11.8 Å². The number of likely N-dealkylation sites (tertiary alicyclic amines) is 1. The minimum atomic E-state index is -0.983. The predicted octanol–water partition coefficient (Wildman–Crippen LogP) is 4.06. The first kappa shape index (κ1) is 32.4. The van der Waals surface area contributed by atoms with Crippen LogP contribution in [0.25, 0.3) is 6.08 Å². The van der Waals surface area contributed by atoms with Gasteiger partial charge in [-0.3, -0.25) is 19.3 Å². The van der Waals surface area contributed by atoms with Crippen LogP contribution in [0.2, 0.25) is 0 Å². The van der Waals surface area contributed by atoms with E-state index in [1.54, 1.807) is 6.07 Å². The monoisotopic (exact) mass is 575 g/mol. The number of carbonyl (C=O) groups is 3. The molecule has 0 saturated carbocycles. The maximum Gasteiger partial charge on any atom is 0.303 e. The second kappa shape index (κ2) is 15.2. The molecule has 0 radical (unpaired) electrons. The van der Waals surface area contributed by atoms with Crippen molar-refractivity contribution < 1.29 is 43.9 Å². The number of unbranched alkanes of at least 4 members (excludes halogenated alkanes) is 2. The van der Waals surface area contributed by atoms with Crippen LogP contribution in [0.5, 0.6) is 5.75 Å². The number of imide groups is 1. The van der Waals surface area contributed by atoms with Crippen LogP contribution in [-0.4, -0.2) is 76.1 Å². The summed E-state index contributed by atoms with van der Waals surface area (Å²) in [6.07, 6.45) is 5.04. The van der Waals surface area contributed by atoms with Gasteiger partial charge in [0.1, 0.15) is 0 Å². The van der Waals surface area contributed by atoms with Crippen molar-refractivity contribution in [3.05, 3.63) is 46.3 Å². The van der Waals surface area contributed by atoms with Gasteiger partial charge in [0.15, 0.2) is 11.6 Å². The summed E-state index contributed by atoms with van der Waals surface area (Å²) in [5.74, 6) is -4.82. The van der Waals surface area contributed by atoms with Crippen molar-refractivity contribution in [2.24, 2.45) is 17.8 Å². The predicted molar refractivity (Wildman–Crippen MR) is 150 cm³/mol. The van der Waals surface area contributed by atoms with Gasteiger partial charge in [0.25, 0.3) is 0 Å². The summed E-state index contributed by atoms with van der Waals surface area (Å²) in [5, 5.41) is 40.2. The minimum absolute atomic E-state index is 0.0340. The number of amides is 2. The van der Waals surface area contributed by atoms with Crippen molar-refractivity contribution in [2.75, 3.05) is 26.9 Å². The topological polar surface area (TPSA) is 145 Å². The molecule has 41 heavy (non-hydrogen) atoms. The van der Waals surface area contributed by atoms with E-state index in [-0.39, 0.29) is 37.8 Å². The molecule has 1 aromatic carbocycles. The Balaban J connectivity index is 1.78. The van der Waals surface area contributed by atoms with Crippen molar-refractivity contribution in [1.29, 1.82) is 0 Å². The zero-order chi connectivity index (χ0) is 30.1. The Labute approximate surface area is 240 Å². The van der Waals surface area contributed by atoms with Crippen LogP contribution in [0.15, 0.2) is 34.9 Å². The van der Waals surface area contributed by atoms with Crippen molar-refractivity contribution in [1.82, 2.24) is 4.90 Å². The average Bonchev–Trinajstić information content (AvgIpc) is 3.17. The number of benzene rings is 1. The molecule has 4 N–H and O–H groups in total. The van der Waals surface area contributed by atoms with Gasteiger partial charge >= 0.3 is 5.97 Å². The van der Waals surface area contributed by atoms with Crippen LogP contribution < -0.4 is 0 Å². The Bertz CT molecular complexity index is 1160. The van der Waals surface area contributed by atoms with Crippen molar-refractivity contribution >= 4 is 23.9 Å². The van der Waals surface area contributed by atoms with E-state index < -0.39 is 48.0 Å². The van der Waals surface area contributed by atoms with Crippen LogP contribution >= 0.6 is 0 Å². The largest absolute Gasteiger partial charge is 0.505 e. The molecule has 0 spiro atoms. The number of ether oxygens (including phenoxy) is 1. The number of carboxylic acid groups (broad SMARTS) is 1. The standard InChI is InChI=1S/C31H42FNO8/c1-3-7-19(14-20-10-11-25(35)24(32)15-20)9-12-26(36)28-21(18-41-2)16-22-29(23(28)17-34)31(40)33(30(22)39)13-6-4-5-8-27(37)38/h10-11,14-15,22-23,26,29,34-36H,3-9,12-13,16-18H2,1-2H3,(H,37,38)/b19-14+/t22-,23+,26-,29-/m1/s1. The Morgan fingerprint density at radius 3 is 2.56 bits per heavy atom. The van der Waals surface area contributed by atoms with Gasteiger partial charge in [-0.05, 0) is 67.4 Å². The number of phenols is 1. The van der Waals surface area contributed by atoms with Crippen molar-refractivity contribution in [3.63, 3.8) is 0 Å². The molecule has 1 heterocycles. The fourth-order valence-corrected chi connectivity index (χ4v) is 6.19. The number of allylic oxidation sites excluding steroid dienone is 1. The van der Waals surface area contributed by atoms with E-state index >= 15 is 0 Å². The SMILES string of the molecule is CCC/C(=C\c1ccc(O)c(F)c1)CC[C@@H](O)C1=C(COC)C[C@H]2C(=O)N(CCCCCC(=O)O)C(=O)[C@H]2[C@H]1CO. The van der Waals surface area contributed by atoms with E-state index in [1.807, 2.05) is 13.0 Å². The van der Waals surface area contributed by atoms with Gasteiger partial charge in [0, 0.05) is 26.0 Å². The first-order valence-electron chi connectivity index (χ1n) is 14.4. The number of carboxylic acids is 1. The number of hydrogen-bond acceptors (Lipinski definition) is 7. The number of nitrogens with zero attached hydrogens (tertiary/aromatic N) is 1. The number of methoxy groups -OCH3 is 1. The summed E-state index contributed by atoms with van der Waals surface area (Å²) < 4.78 is 19.3. The lowest BCUT2D eigenvalue weighted by Crippen LogP contribution is -2.39. The summed E-state index contributed by atoms with van der Waals surface area (Å²) in [4.78, 5) is 38.7. The molecule has 2 aliphatic rings. The molecule has 0 bridgehead atoms. The summed E-state index contributed by atoms with van der Waals surface area (Å²) in [5.41, 5.74) is 2.85. The molecule has 9 nitrogen and oxygen atoms in total. The third-order valence-corrected chi connectivity index (χ3v) is 8.07. The van der Waals surface area contributed by atoms with Gasteiger partial charge in [0.05, 0.1) is 31.2 Å². The number of halogens is 1. The third kappa shape index (κ3) is 8.02. The minimum Gasteiger partial charge on any atom is -0.505 e. The Morgan fingerprint density at radius 1 is 1.17 bits per heavy atom. The van der Waals surface area contributed by atoms with Crippen molar-refractivity contribution in [3.8, 4) is 5.75 Å². The van der Waals surface area contributed by atoms with E-state index in [9.17, 15) is 34.1 Å². The number of aliphatic hydroxyl groups excluding tert-OH is 2. The molecule has 0 aromatic heterocycles. The Morgan fingerprint density at radius 2 is 1.93 bits per heavy atom. The Kier molecular flexibility index (Phi) is 12.1. The molecule has 0 unspecified atom stereocenters. The number of aromatic hydroxyl groups is 1. The molecular weight excluding hydrogens is 533 g/mol. The third-order valence-electron chi connectivity index (χ3n) is 8.07. The van der Waals surface area contributed by atoms with Crippen LogP contribution in [0, 0.1) is 23.6 Å². The number of fused-ring (bicyclic) bond motifs is 1. The number of phenolic OH excluding ortho intramolecular Hbond substituents is 1. The normalized spacial score (nSPS) is 21.9. The van der Waals surface area contributed by atoms with Crippen molar-refractivity contribution in [2.45, 2.75) is 70.8 Å². The molecule has 3 rings (SSSR count). The number of hydrogen-bond donors (Lipinski definition) is 4. The maximum absolute atomic E-state index is 13.9. The molecular formula is C31H42FNO8. The molecule has 2 amide bonds. The van der Waals surface area contributed by atoms with Gasteiger partial charge < -0.3 is 25.2 Å². The van der Waals surface area contributed by atoms with Gasteiger partial charge in [-0.1, -0.05) is 37.5 Å². The van der Waals surface area contributed by atoms with E-state index in [4.69, 9.17) is 9.84 Å². The summed E-state index contributed by atoms with van der Waals surface area (Å²) in [6, 6.07) is 4.17. The van der Waals surface area contributed by atoms with Crippen LogP contribution in [0.1, 0.15) is 70.3 Å². The van der Waals surface area contributed by atoms with Gasteiger partial charge in [-0.2, -0.15) is 0 Å². The first-order valence-corrected chi connectivity index (χ1v) is 14.4. The Hall–Kier alpha value is -3.08. The van der Waals surface area contributed by atoms with E-state index in [2.05, 4.69) is 0 Å². The average molecular weight is 576 g/mol. The van der Waals surface area contributed by atoms with Crippen LogP contribution in [0.4, 0.5) is 4.39 Å². The second-order valence-corrected chi connectivity index (χ2v) is 11.0. The van der Waals surface area contributed by atoms with E-state index in [0.29, 0.717) is 48.8 Å². The highest BCUT2D eigenvalue weighted by Gasteiger charge is 2.54. The van der Waals surface area contributed by atoms with Gasteiger partial charge in [-0.25, -0.2) is 4.39 Å². The molecule has 1 aromatic rings.